The second kappa shape index (κ2) is 8.13. The molecule has 0 aromatic heterocycles. The Bertz CT molecular complexity index is 464. The lowest BCUT2D eigenvalue weighted by molar-refractivity contribution is -0.120. The van der Waals surface area contributed by atoms with Crippen LogP contribution in [0.5, 0.6) is 0 Å². The summed E-state index contributed by atoms with van der Waals surface area (Å²) < 4.78 is 13.4. The molecule has 0 radical (unpaired) electrons. The zero-order valence-corrected chi connectivity index (χ0v) is 12.8. The van der Waals surface area contributed by atoms with Crippen LogP contribution in [-0.2, 0) is 11.2 Å². The maximum atomic E-state index is 13.4. The van der Waals surface area contributed by atoms with Crippen molar-refractivity contribution in [1.29, 1.82) is 0 Å². The Morgan fingerprint density at radius 2 is 2.24 bits per heavy atom. The van der Waals surface area contributed by atoms with Crippen molar-refractivity contribution in [3.63, 3.8) is 0 Å². The number of amides is 1. The molecule has 0 spiro atoms. The number of benzene rings is 1. The summed E-state index contributed by atoms with van der Waals surface area (Å²) in [5.41, 5.74) is 0.458. The summed E-state index contributed by atoms with van der Waals surface area (Å²) in [4.78, 5) is 14.2. The fourth-order valence-electron chi connectivity index (χ4n) is 2.90. The van der Waals surface area contributed by atoms with E-state index in [2.05, 4.69) is 17.1 Å². The van der Waals surface area contributed by atoms with E-state index in [0.717, 1.165) is 18.9 Å². The Balaban J connectivity index is 1.62. The van der Waals surface area contributed by atoms with Gasteiger partial charge in [-0.3, -0.25) is 4.79 Å². The van der Waals surface area contributed by atoms with Gasteiger partial charge in [-0.15, -0.1) is 0 Å². The molecule has 1 aromatic rings. The van der Waals surface area contributed by atoms with Crippen molar-refractivity contribution in [2.24, 2.45) is 5.92 Å². The van der Waals surface area contributed by atoms with E-state index in [4.69, 9.17) is 0 Å². The molecule has 1 amide bonds. The van der Waals surface area contributed by atoms with Gasteiger partial charge in [0.15, 0.2) is 0 Å². The molecule has 1 heterocycles. The number of hydrogen-bond acceptors (Lipinski definition) is 2. The normalized spacial score (nSPS) is 19.4. The second-order valence-electron chi connectivity index (χ2n) is 6.02. The number of piperidine rings is 1. The Labute approximate surface area is 126 Å². The highest BCUT2D eigenvalue weighted by atomic mass is 19.1. The van der Waals surface area contributed by atoms with E-state index in [9.17, 15) is 9.18 Å². The number of carbonyl (C=O) groups excluding carboxylic acids is 1. The van der Waals surface area contributed by atoms with Gasteiger partial charge in [0.25, 0.3) is 0 Å². The predicted molar refractivity (Wildman–Crippen MR) is 82.6 cm³/mol. The van der Waals surface area contributed by atoms with Crippen LogP contribution >= 0.6 is 0 Å². The van der Waals surface area contributed by atoms with Crippen LogP contribution in [0.1, 0.15) is 31.7 Å². The van der Waals surface area contributed by atoms with E-state index >= 15 is 0 Å². The van der Waals surface area contributed by atoms with Crippen LogP contribution in [0.25, 0.3) is 0 Å². The van der Waals surface area contributed by atoms with Gasteiger partial charge < -0.3 is 10.2 Å². The molecule has 4 heteroatoms. The van der Waals surface area contributed by atoms with Crippen LogP contribution in [0.2, 0.25) is 0 Å². The van der Waals surface area contributed by atoms with Crippen LogP contribution in [0.4, 0.5) is 4.39 Å². The van der Waals surface area contributed by atoms with Gasteiger partial charge in [0.1, 0.15) is 5.82 Å². The van der Waals surface area contributed by atoms with Crippen LogP contribution in [0, 0.1) is 11.7 Å². The average Bonchev–Trinajstić information content (AvgIpc) is 2.46. The number of likely N-dealkylation sites (tertiary alicyclic amines) is 1. The molecule has 0 aliphatic carbocycles. The lowest BCUT2D eigenvalue weighted by Crippen LogP contribution is -2.36. The van der Waals surface area contributed by atoms with Gasteiger partial charge in [-0.25, -0.2) is 4.39 Å². The van der Waals surface area contributed by atoms with Gasteiger partial charge in [-0.2, -0.15) is 0 Å². The van der Waals surface area contributed by atoms with Crippen LogP contribution < -0.4 is 5.32 Å². The minimum absolute atomic E-state index is 0.105. The third kappa shape index (κ3) is 5.46. The summed E-state index contributed by atoms with van der Waals surface area (Å²) in [5, 5.41) is 2.88. The van der Waals surface area contributed by atoms with Crippen LogP contribution in [-0.4, -0.2) is 37.0 Å². The van der Waals surface area contributed by atoms with E-state index < -0.39 is 0 Å². The Hall–Kier alpha value is -1.42. The largest absolute Gasteiger partial charge is 0.356 e. The molecule has 1 aromatic carbocycles. The van der Waals surface area contributed by atoms with Crippen molar-refractivity contribution in [3.8, 4) is 0 Å². The molecular weight excluding hydrogens is 267 g/mol. The van der Waals surface area contributed by atoms with E-state index in [1.54, 1.807) is 18.2 Å². The third-order valence-electron chi connectivity index (χ3n) is 4.02. The van der Waals surface area contributed by atoms with Crippen molar-refractivity contribution in [2.45, 2.75) is 32.6 Å². The molecule has 3 nitrogen and oxygen atoms in total. The SMILES string of the molecule is C[C@H]1CCCN(CCCNC(=O)Cc2ccccc2F)C1. The van der Waals surface area contributed by atoms with Gasteiger partial charge >= 0.3 is 0 Å². The molecule has 2 rings (SSSR count). The quantitative estimate of drug-likeness (QED) is 0.817. The topological polar surface area (TPSA) is 32.3 Å². The molecule has 1 aliphatic heterocycles. The van der Waals surface area contributed by atoms with Gasteiger partial charge in [0.05, 0.1) is 6.42 Å². The summed E-state index contributed by atoms with van der Waals surface area (Å²) in [5.74, 6) is 0.372. The maximum Gasteiger partial charge on any atom is 0.224 e. The monoisotopic (exact) mass is 292 g/mol. The average molecular weight is 292 g/mol. The highest BCUT2D eigenvalue weighted by molar-refractivity contribution is 5.78. The van der Waals surface area contributed by atoms with Gasteiger partial charge in [-0.05, 0) is 49.9 Å². The Kier molecular flexibility index (Phi) is 6.18. The molecule has 1 N–H and O–H groups in total. The molecule has 0 saturated carbocycles. The maximum absolute atomic E-state index is 13.4. The fraction of sp³-hybridized carbons (Fsp3) is 0.588. The number of nitrogens with one attached hydrogen (secondary N) is 1. The summed E-state index contributed by atoms with van der Waals surface area (Å²) >= 11 is 0. The number of carbonyl (C=O) groups is 1. The molecule has 1 aliphatic rings. The first-order valence-electron chi connectivity index (χ1n) is 7.87. The van der Waals surface area contributed by atoms with Crippen molar-refractivity contribution in [1.82, 2.24) is 10.2 Å². The number of nitrogens with zero attached hydrogens (tertiary/aromatic N) is 1. The van der Waals surface area contributed by atoms with Crippen molar-refractivity contribution >= 4 is 5.91 Å². The smallest absolute Gasteiger partial charge is 0.224 e. The first-order valence-corrected chi connectivity index (χ1v) is 7.87. The second-order valence-corrected chi connectivity index (χ2v) is 6.02. The van der Waals surface area contributed by atoms with E-state index in [0.29, 0.717) is 12.1 Å². The van der Waals surface area contributed by atoms with Crippen LogP contribution in [0.15, 0.2) is 24.3 Å². The van der Waals surface area contributed by atoms with Gasteiger partial charge in [0.2, 0.25) is 5.91 Å². The summed E-state index contributed by atoms with van der Waals surface area (Å²) in [7, 11) is 0. The molecule has 21 heavy (non-hydrogen) atoms. The highest BCUT2D eigenvalue weighted by Crippen LogP contribution is 2.15. The summed E-state index contributed by atoms with van der Waals surface area (Å²) in [6, 6.07) is 6.43. The third-order valence-corrected chi connectivity index (χ3v) is 4.02. The molecule has 116 valence electrons. The zero-order valence-electron chi connectivity index (χ0n) is 12.8. The minimum Gasteiger partial charge on any atom is -0.356 e. The Morgan fingerprint density at radius 1 is 1.43 bits per heavy atom. The van der Waals surface area contributed by atoms with Crippen molar-refractivity contribution in [3.05, 3.63) is 35.6 Å². The molecule has 1 fully saturated rings. The first-order chi connectivity index (χ1) is 10.1. The minimum atomic E-state index is -0.310. The lowest BCUT2D eigenvalue weighted by Gasteiger charge is -2.30. The molecular formula is C17H25FN2O. The predicted octanol–water partition coefficient (Wildman–Crippen LogP) is 2.61. The molecule has 1 atom stereocenters. The van der Waals surface area contributed by atoms with Gasteiger partial charge in [0, 0.05) is 13.1 Å². The van der Waals surface area contributed by atoms with E-state index in [1.807, 2.05) is 0 Å². The summed E-state index contributed by atoms with van der Waals surface area (Å²) in [6.45, 7) is 6.33. The zero-order chi connectivity index (χ0) is 15.1. The molecule has 1 saturated heterocycles. The van der Waals surface area contributed by atoms with Crippen LogP contribution in [0.3, 0.4) is 0 Å². The number of hydrogen-bond donors (Lipinski definition) is 1. The Morgan fingerprint density at radius 3 is 3.00 bits per heavy atom. The first kappa shape index (κ1) is 16.0. The number of halogens is 1. The van der Waals surface area contributed by atoms with E-state index in [1.165, 1.54) is 32.0 Å². The van der Waals surface area contributed by atoms with Crippen molar-refractivity contribution in [2.75, 3.05) is 26.2 Å². The fourth-order valence-corrected chi connectivity index (χ4v) is 2.90. The lowest BCUT2D eigenvalue weighted by atomic mass is 10.0. The summed E-state index contributed by atoms with van der Waals surface area (Å²) in [6.07, 6.45) is 3.68. The van der Waals surface area contributed by atoms with E-state index in [-0.39, 0.29) is 18.1 Å². The molecule has 0 bridgehead atoms. The van der Waals surface area contributed by atoms with Gasteiger partial charge in [-0.1, -0.05) is 25.1 Å². The number of rotatable bonds is 6. The van der Waals surface area contributed by atoms with Crippen molar-refractivity contribution < 1.29 is 9.18 Å². The molecule has 0 unspecified atom stereocenters. The standard InChI is InChI=1S/C17H25FN2O/c1-14-6-4-10-20(13-14)11-5-9-19-17(21)12-15-7-2-3-8-16(15)18/h2-3,7-8,14H,4-6,9-13H2,1H3,(H,19,21)/t14-/m0/s1. The highest BCUT2D eigenvalue weighted by Gasteiger charge is 2.15.